The highest BCUT2D eigenvalue weighted by Crippen LogP contribution is 2.21. The van der Waals surface area contributed by atoms with Gasteiger partial charge in [-0.25, -0.2) is 0 Å². The van der Waals surface area contributed by atoms with Crippen LogP contribution >= 0.6 is 11.6 Å². The van der Waals surface area contributed by atoms with E-state index in [0.717, 1.165) is 35.9 Å². The van der Waals surface area contributed by atoms with Gasteiger partial charge in [0.1, 0.15) is 11.5 Å². The van der Waals surface area contributed by atoms with Crippen LogP contribution in [0.5, 0.6) is 0 Å². The molecular formula is C16H20ClNO. The molecule has 0 bridgehead atoms. The molecular weight excluding hydrogens is 258 g/mol. The number of nitrogens with one attached hydrogen (secondary N) is 1. The van der Waals surface area contributed by atoms with Crippen molar-refractivity contribution in [3.05, 3.63) is 58.5 Å². The Balaban J connectivity index is 1.99. The monoisotopic (exact) mass is 277 g/mol. The SMILES string of the molecule is CCc1ccc(CNC(CC)c2cccc(Cl)c2)o1. The van der Waals surface area contributed by atoms with E-state index in [9.17, 15) is 0 Å². The van der Waals surface area contributed by atoms with Gasteiger partial charge >= 0.3 is 0 Å². The first-order valence-electron chi connectivity index (χ1n) is 6.79. The van der Waals surface area contributed by atoms with Gasteiger partial charge in [0.2, 0.25) is 0 Å². The lowest BCUT2D eigenvalue weighted by Gasteiger charge is -2.17. The summed E-state index contributed by atoms with van der Waals surface area (Å²) in [5.74, 6) is 2.02. The van der Waals surface area contributed by atoms with E-state index in [-0.39, 0.29) is 0 Å². The van der Waals surface area contributed by atoms with Crippen LogP contribution in [0.3, 0.4) is 0 Å². The molecule has 0 aliphatic carbocycles. The van der Waals surface area contributed by atoms with Crippen molar-refractivity contribution in [1.82, 2.24) is 5.32 Å². The summed E-state index contributed by atoms with van der Waals surface area (Å²) in [7, 11) is 0. The fourth-order valence-corrected chi connectivity index (χ4v) is 2.35. The number of rotatable bonds is 6. The van der Waals surface area contributed by atoms with Gasteiger partial charge in [-0.15, -0.1) is 0 Å². The van der Waals surface area contributed by atoms with Gasteiger partial charge in [-0.05, 0) is 36.2 Å². The molecule has 2 rings (SSSR count). The molecule has 0 aliphatic rings. The van der Waals surface area contributed by atoms with Crippen molar-refractivity contribution >= 4 is 11.6 Å². The van der Waals surface area contributed by atoms with Crippen molar-refractivity contribution in [3.8, 4) is 0 Å². The van der Waals surface area contributed by atoms with Crippen molar-refractivity contribution < 1.29 is 4.42 Å². The number of furan rings is 1. The Kier molecular flexibility index (Phi) is 5.06. The maximum atomic E-state index is 6.04. The summed E-state index contributed by atoms with van der Waals surface area (Å²) in [6.07, 6.45) is 1.95. The summed E-state index contributed by atoms with van der Waals surface area (Å²) >= 11 is 6.04. The molecule has 0 aliphatic heterocycles. The zero-order valence-electron chi connectivity index (χ0n) is 11.4. The van der Waals surface area contributed by atoms with E-state index in [1.54, 1.807) is 0 Å². The Morgan fingerprint density at radius 1 is 1.16 bits per heavy atom. The predicted molar refractivity (Wildman–Crippen MR) is 79.4 cm³/mol. The van der Waals surface area contributed by atoms with E-state index < -0.39 is 0 Å². The van der Waals surface area contributed by atoms with Crippen LogP contribution in [0.4, 0.5) is 0 Å². The van der Waals surface area contributed by atoms with Gasteiger partial charge in [-0.2, -0.15) is 0 Å². The van der Waals surface area contributed by atoms with Crippen LogP contribution in [-0.2, 0) is 13.0 Å². The Bertz CT molecular complexity index is 521. The van der Waals surface area contributed by atoms with Crippen molar-refractivity contribution in [2.45, 2.75) is 39.3 Å². The van der Waals surface area contributed by atoms with Gasteiger partial charge < -0.3 is 9.73 Å². The van der Waals surface area contributed by atoms with Gasteiger partial charge in [0.25, 0.3) is 0 Å². The number of halogens is 1. The summed E-state index contributed by atoms with van der Waals surface area (Å²) in [4.78, 5) is 0. The number of benzene rings is 1. The lowest BCUT2D eigenvalue weighted by atomic mass is 10.0. The Morgan fingerprint density at radius 3 is 2.58 bits per heavy atom. The number of hydrogen-bond acceptors (Lipinski definition) is 2. The summed E-state index contributed by atoms with van der Waals surface area (Å²) in [6.45, 7) is 5.00. The molecule has 0 spiro atoms. The molecule has 2 aromatic rings. The van der Waals surface area contributed by atoms with Crippen LogP contribution in [-0.4, -0.2) is 0 Å². The molecule has 102 valence electrons. The zero-order chi connectivity index (χ0) is 13.7. The Hall–Kier alpha value is -1.25. The van der Waals surface area contributed by atoms with Gasteiger partial charge in [0.15, 0.2) is 0 Å². The molecule has 19 heavy (non-hydrogen) atoms. The van der Waals surface area contributed by atoms with Crippen LogP contribution in [0.15, 0.2) is 40.8 Å². The van der Waals surface area contributed by atoms with E-state index in [1.165, 1.54) is 5.56 Å². The average molecular weight is 278 g/mol. The molecule has 2 nitrogen and oxygen atoms in total. The van der Waals surface area contributed by atoms with Crippen molar-refractivity contribution in [2.75, 3.05) is 0 Å². The van der Waals surface area contributed by atoms with Crippen molar-refractivity contribution in [1.29, 1.82) is 0 Å². The highest BCUT2D eigenvalue weighted by molar-refractivity contribution is 6.30. The van der Waals surface area contributed by atoms with Gasteiger partial charge in [-0.3, -0.25) is 0 Å². The normalized spacial score (nSPS) is 12.6. The minimum Gasteiger partial charge on any atom is -0.465 e. The molecule has 3 heteroatoms. The second-order valence-electron chi connectivity index (χ2n) is 4.62. The topological polar surface area (TPSA) is 25.2 Å². The third kappa shape index (κ3) is 3.85. The quantitative estimate of drug-likeness (QED) is 0.825. The molecule has 0 saturated carbocycles. The maximum absolute atomic E-state index is 6.04. The van der Waals surface area contributed by atoms with E-state index in [2.05, 4.69) is 25.2 Å². The molecule has 0 fully saturated rings. The lowest BCUT2D eigenvalue weighted by Crippen LogP contribution is -2.19. The van der Waals surface area contributed by atoms with Crippen LogP contribution in [0.2, 0.25) is 5.02 Å². The van der Waals surface area contributed by atoms with E-state index in [0.29, 0.717) is 6.04 Å². The van der Waals surface area contributed by atoms with Crippen molar-refractivity contribution in [2.24, 2.45) is 0 Å². The van der Waals surface area contributed by atoms with Crippen LogP contribution < -0.4 is 5.32 Å². The first-order chi connectivity index (χ1) is 9.22. The first kappa shape index (κ1) is 14.2. The van der Waals surface area contributed by atoms with Gasteiger partial charge in [0.05, 0.1) is 6.54 Å². The molecule has 0 saturated heterocycles. The van der Waals surface area contributed by atoms with E-state index >= 15 is 0 Å². The minimum atomic E-state index is 0.300. The molecule has 1 aromatic carbocycles. The standard InChI is InChI=1S/C16H20ClNO/c1-3-14-8-9-15(19-14)11-18-16(4-2)12-6-5-7-13(17)10-12/h5-10,16,18H,3-4,11H2,1-2H3. The van der Waals surface area contributed by atoms with E-state index in [1.807, 2.05) is 30.3 Å². The second-order valence-corrected chi connectivity index (χ2v) is 5.05. The van der Waals surface area contributed by atoms with Gasteiger partial charge in [-0.1, -0.05) is 37.6 Å². The fraction of sp³-hybridized carbons (Fsp3) is 0.375. The maximum Gasteiger partial charge on any atom is 0.117 e. The zero-order valence-corrected chi connectivity index (χ0v) is 12.2. The molecule has 1 unspecified atom stereocenters. The largest absolute Gasteiger partial charge is 0.465 e. The molecule has 0 radical (unpaired) electrons. The van der Waals surface area contributed by atoms with Gasteiger partial charge in [0, 0.05) is 17.5 Å². The van der Waals surface area contributed by atoms with Crippen LogP contribution in [0.25, 0.3) is 0 Å². The summed E-state index contributed by atoms with van der Waals surface area (Å²) in [5.41, 5.74) is 1.22. The average Bonchev–Trinajstić information content (AvgIpc) is 2.87. The van der Waals surface area contributed by atoms with Crippen LogP contribution in [0, 0.1) is 0 Å². The van der Waals surface area contributed by atoms with Crippen LogP contribution in [0.1, 0.15) is 43.4 Å². The summed E-state index contributed by atoms with van der Waals surface area (Å²) in [5, 5.41) is 4.30. The Labute approximate surface area is 119 Å². The van der Waals surface area contributed by atoms with Crippen molar-refractivity contribution in [3.63, 3.8) is 0 Å². The third-order valence-corrected chi connectivity index (χ3v) is 3.48. The second kappa shape index (κ2) is 6.78. The van der Waals surface area contributed by atoms with E-state index in [4.69, 9.17) is 16.0 Å². The summed E-state index contributed by atoms with van der Waals surface area (Å²) in [6, 6.07) is 12.4. The smallest absolute Gasteiger partial charge is 0.117 e. The lowest BCUT2D eigenvalue weighted by molar-refractivity contribution is 0.423. The highest BCUT2D eigenvalue weighted by Gasteiger charge is 2.10. The molecule has 1 heterocycles. The molecule has 1 N–H and O–H groups in total. The minimum absolute atomic E-state index is 0.300. The fourth-order valence-electron chi connectivity index (χ4n) is 2.15. The third-order valence-electron chi connectivity index (χ3n) is 3.25. The summed E-state index contributed by atoms with van der Waals surface area (Å²) < 4.78 is 5.70. The number of hydrogen-bond donors (Lipinski definition) is 1. The molecule has 1 aromatic heterocycles. The number of aryl methyl sites for hydroxylation is 1. The highest BCUT2D eigenvalue weighted by atomic mass is 35.5. The predicted octanol–water partition coefficient (Wildman–Crippen LogP) is 4.74. The Morgan fingerprint density at radius 2 is 1.95 bits per heavy atom. The molecule has 1 atom stereocenters. The molecule has 0 amide bonds. The first-order valence-corrected chi connectivity index (χ1v) is 7.17.